The van der Waals surface area contributed by atoms with Gasteiger partial charge in [0.25, 0.3) is 5.91 Å². The summed E-state index contributed by atoms with van der Waals surface area (Å²) in [6.07, 6.45) is 4.42. The van der Waals surface area contributed by atoms with Crippen LogP contribution in [0, 0.1) is 13.8 Å². The van der Waals surface area contributed by atoms with Gasteiger partial charge in [0.15, 0.2) is 0 Å². The largest absolute Gasteiger partial charge is 0.507 e. The summed E-state index contributed by atoms with van der Waals surface area (Å²) in [7, 11) is 0. The van der Waals surface area contributed by atoms with E-state index >= 15 is 0 Å². The van der Waals surface area contributed by atoms with Crippen LogP contribution < -0.4 is 5.32 Å². The van der Waals surface area contributed by atoms with Crippen molar-refractivity contribution in [2.75, 3.05) is 6.54 Å². The average molecular weight is 542 g/mol. The Morgan fingerprint density at radius 2 is 1.79 bits per heavy atom. The van der Waals surface area contributed by atoms with Crippen LogP contribution in [-0.2, 0) is 6.42 Å². The van der Waals surface area contributed by atoms with E-state index in [1.165, 1.54) is 16.7 Å². The molecular formula is C30H31N5O3S. The number of aryl methyl sites for hydroxylation is 3. The lowest BCUT2D eigenvalue weighted by Crippen LogP contribution is -2.26. The number of aromatic nitrogens is 4. The minimum Gasteiger partial charge on any atom is -0.507 e. The van der Waals surface area contributed by atoms with Gasteiger partial charge < -0.3 is 15.5 Å². The molecule has 200 valence electrons. The van der Waals surface area contributed by atoms with Crippen molar-refractivity contribution in [1.29, 1.82) is 0 Å². The van der Waals surface area contributed by atoms with E-state index in [0.717, 1.165) is 60.7 Å². The number of benzene rings is 3. The van der Waals surface area contributed by atoms with Gasteiger partial charge in [-0.25, -0.2) is 0 Å². The topological polar surface area (TPSA) is 113 Å². The highest BCUT2D eigenvalue weighted by Gasteiger charge is 2.44. The molecule has 6 rings (SSSR count). The van der Waals surface area contributed by atoms with E-state index in [9.17, 15) is 15.0 Å². The molecule has 39 heavy (non-hydrogen) atoms. The van der Waals surface area contributed by atoms with Gasteiger partial charge in [0.05, 0.1) is 16.1 Å². The standard InChI is InChI=1S/C30H31N5O3S/c1-17-10-11-19(18(2)15-17)7-6-14-31-29(38)25-26(36)23-20-12-13-21(16-20)24(23)27(37)28(25)39-30-32-33-34-35(30)22-8-4-3-5-9-22/h3-5,8-11,15,20-21,36-37H,6-7,12-14,16H2,1-2H3,(H,31,38). The molecule has 2 atom stereocenters. The second-order valence-electron chi connectivity index (χ2n) is 10.5. The normalized spacial score (nSPS) is 17.4. The van der Waals surface area contributed by atoms with Crippen molar-refractivity contribution < 1.29 is 15.0 Å². The van der Waals surface area contributed by atoms with Crippen molar-refractivity contribution in [3.05, 3.63) is 81.9 Å². The fraction of sp³-hybridized carbons (Fsp3) is 0.333. The molecule has 3 aromatic carbocycles. The zero-order valence-corrected chi connectivity index (χ0v) is 22.8. The lowest BCUT2D eigenvalue weighted by Gasteiger charge is -2.23. The number of phenols is 2. The quantitative estimate of drug-likeness (QED) is 0.197. The van der Waals surface area contributed by atoms with Gasteiger partial charge in [0, 0.05) is 17.7 Å². The second kappa shape index (κ2) is 10.4. The highest BCUT2D eigenvalue weighted by Crippen LogP contribution is 2.61. The number of tetrazole rings is 1. The Kier molecular flexibility index (Phi) is 6.76. The van der Waals surface area contributed by atoms with Gasteiger partial charge >= 0.3 is 0 Å². The van der Waals surface area contributed by atoms with E-state index < -0.39 is 5.91 Å². The minimum atomic E-state index is -0.407. The lowest BCUT2D eigenvalue weighted by atomic mass is 9.88. The first-order valence-corrected chi connectivity index (χ1v) is 14.2. The molecule has 1 aromatic heterocycles. The molecule has 2 bridgehead atoms. The lowest BCUT2D eigenvalue weighted by molar-refractivity contribution is 0.0946. The van der Waals surface area contributed by atoms with Crippen LogP contribution in [-0.4, -0.2) is 42.9 Å². The van der Waals surface area contributed by atoms with Crippen molar-refractivity contribution in [3.63, 3.8) is 0 Å². The van der Waals surface area contributed by atoms with Crippen LogP contribution >= 0.6 is 11.8 Å². The maximum atomic E-state index is 13.6. The molecule has 1 fully saturated rings. The summed E-state index contributed by atoms with van der Waals surface area (Å²) in [5.74, 6) is -0.0164. The first-order valence-electron chi connectivity index (χ1n) is 13.4. The smallest absolute Gasteiger partial charge is 0.256 e. The number of carbonyl (C=O) groups is 1. The number of nitrogens with one attached hydrogen (secondary N) is 1. The molecule has 1 heterocycles. The maximum absolute atomic E-state index is 13.6. The van der Waals surface area contributed by atoms with Gasteiger partial charge in [-0.3, -0.25) is 4.79 Å². The first-order chi connectivity index (χ1) is 18.9. The highest BCUT2D eigenvalue weighted by atomic mass is 32.2. The van der Waals surface area contributed by atoms with E-state index in [1.54, 1.807) is 4.68 Å². The third-order valence-electron chi connectivity index (χ3n) is 8.00. The zero-order chi connectivity index (χ0) is 27.1. The van der Waals surface area contributed by atoms with E-state index in [0.29, 0.717) is 11.7 Å². The molecular weight excluding hydrogens is 510 g/mol. The van der Waals surface area contributed by atoms with E-state index in [-0.39, 0.29) is 33.8 Å². The number of phenolic OH excluding ortho intramolecular Hbond substituents is 2. The zero-order valence-electron chi connectivity index (χ0n) is 22.0. The fourth-order valence-electron chi connectivity index (χ4n) is 6.14. The molecule has 4 aromatic rings. The Morgan fingerprint density at radius 1 is 1.05 bits per heavy atom. The van der Waals surface area contributed by atoms with Crippen molar-refractivity contribution in [2.45, 2.75) is 67.8 Å². The number of para-hydroxylation sites is 1. The van der Waals surface area contributed by atoms with E-state index in [1.807, 2.05) is 30.3 Å². The summed E-state index contributed by atoms with van der Waals surface area (Å²) in [6, 6.07) is 15.8. The van der Waals surface area contributed by atoms with Gasteiger partial charge in [-0.15, -0.1) is 5.10 Å². The van der Waals surface area contributed by atoms with Crippen LogP contribution in [0.25, 0.3) is 5.69 Å². The van der Waals surface area contributed by atoms with Gasteiger partial charge in [-0.05, 0) is 103 Å². The second-order valence-corrected chi connectivity index (χ2v) is 11.5. The molecule has 2 aliphatic carbocycles. The van der Waals surface area contributed by atoms with Crippen molar-refractivity contribution in [1.82, 2.24) is 25.5 Å². The fourth-order valence-corrected chi connectivity index (χ4v) is 7.13. The Bertz CT molecular complexity index is 1550. The number of amides is 1. The predicted molar refractivity (Wildman–Crippen MR) is 149 cm³/mol. The number of nitrogens with zero attached hydrogens (tertiary/aromatic N) is 4. The number of carbonyl (C=O) groups excluding carboxylic acids is 1. The van der Waals surface area contributed by atoms with Crippen molar-refractivity contribution >= 4 is 17.7 Å². The highest BCUT2D eigenvalue weighted by molar-refractivity contribution is 7.99. The summed E-state index contributed by atoms with van der Waals surface area (Å²) in [6.45, 7) is 4.63. The molecule has 1 saturated carbocycles. The van der Waals surface area contributed by atoms with Crippen LogP contribution in [0.5, 0.6) is 11.5 Å². The Morgan fingerprint density at radius 3 is 2.54 bits per heavy atom. The number of rotatable bonds is 8. The Balaban J connectivity index is 1.30. The molecule has 0 spiro atoms. The summed E-state index contributed by atoms with van der Waals surface area (Å²) in [4.78, 5) is 13.9. The minimum absolute atomic E-state index is 0.0249. The van der Waals surface area contributed by atoms with Crippen LogP contribution in [0.15, 0.2) is 58.6 Å². The third-order valence-corrected chi connectivity index (χ3v) is 9.04. The van der Waals surface area contributed by atoms with Crippen LogP contribution in [0.1, 0.15) is 75.7 Å². The Labute approximate surface area is 231 Å². The van der Waals surface area contributed by atoms with Gasteiger partial charge in [0.2, 0.25) is 5.16 Å². The molecule has 0 saturated heterocycles. The first kappa shape index (κ1) is 25.4. The number of aromatic hydroxyl groups is 2. The van der Waals surface area contributed by atoms with Crippen LogP contribution in [0.3, 0.4) is 0 Å². The van der Waals surface area contributed by atoms with Crippen LogP contribution in [0.2, 0.25) is 0 Å². The summed E-state index contributed by atoms with van der Waals surface area (Å²) >= 11 is 1.10. The van der Waals surface area contributed by atoms with Gasteiger partial charge in [-0.2, -0.15) is 4.68 Å². The number of hydrogen-bond donors (Lipinski definition) is 3. The predicted octanol–water partition coefficient (Wildman–Crippen LogP) is 5.57. The molecule has 9 heteroatoms. The number of fused-ring (bicyclic) bond motifs is 5. The van der Waals surface area contributed by atoms with Gasteiger partial charge in [-0.1, -0.05) is 42.0 Å². The van der Waals surface area contributed by atoms with Crippen LogP contribution in [0.4, 0.5) is 0 Å². The molecule has 8 nitrogen and oxygen atoms in total. The SMILES string of the molecule is Cc1ccc(CCCNC(=O)c2c(O)c3c(c(O)c2Sc2nnnn2-c2ccccc2)C2CCC3C2)c(C)c1. The third kappa shape index (κ3) is 4.65. The van der Waals surface area contributed by atoms with E-state index in [2.05, 4.69) is 52.9 Å². The molecule has 1 amide bonds. The summed E-state index contributed by atoms with van der Waals surface area (Å²) in [5.41, 5.74) is 6.09. The molecule has 2 aliphatic rings. The summed E-state index contributed by atoms with van der Waals surface area (Å²) in [5, 5.41) is 38.5. The molecule has 0 radical (unpaired) electrons. The maximum Gasteiger partial charge on any atom is 0.256 e. The van der Waals surface area contributed by atoms with Gasteiger partial charge in [0.1, 0.15) is 11.5 Å². The monoisotopic (exact) mass is 541 g/mol. The van der Waals surface area contributed by atoms with Crippen molar-refractivity contribution in [3.8, 4) is 17.2 Å². The number of hydrogen-bond acceptors (Lipinski definition) is 7. The van der Waals surface area contributed by atoms with Crippen molar-refractivity contribution in [2.24, 2.45) is 0 Å². The average Bonchev–Trinajstić information content (AvgIpc) is 3.68. The molecule has 2 unspecified atom stereocenters. The van der Waals surface area contributed by atoms with E-state index in [4.69, 9.17) is 0 Å². The molecule has 0 aliphatic heterocycles. The summed E-state index contributed by atoms with van der Waals surface area (Å²) < 4.78 is 1.56. The Hall–Kier alpha value is -3.85. The molecule has 3 N–H and O–H groups in total.